The largest absolute Gasteiger partial charge is 0.464 e. The van der Waals surface area contributed by atoms with E-state index in [1.54, 1.807) is 17.7 Å². The average Bonchev–Trinajstić information content (AvgIpc) is 3.40. The molecule has 2 aromatic rings. The molecule has 0 bridgehead atoms. The average molecular weight is 458 g/mol. The third-order valence-corrected chi connectivity index (χ3v) is 6.30. The van der Waals surface area contributed by atoms with Crippen LogP contribution in [0.4, 0.5) is 11.4 Å². The van der Waals surface area contributed by atoms with Crippen molar-refractivity contribution in [2.75, 3.05) is 37.4 Å². The number of esters is 1. The van der Waals surface area contributed by atoms with E-state index in [0.29, 0.717) is 43.0 Å². The molecular weight excluding hydrogens is 426 g/mol. The van der Waals surface area contributed by atoms with Crippen LogP contribution in [0.5, 0.6) is 0 Å². The zero-order valence-electron chi connectivity index (χ0n) is 19.3. The molecule has 0 spiro atoms. The molecule has 2 amide bonds. The van der Waals surface area contributed by atoms with Crippen LogP contribution in [-0.2, 0) is 25.6 Å². The van der Waals surface area contributed by atoms with E-state index in [9.17, 15) is 14.4 Å². The number of fused-ring (bicyclic) bond motifs is 1. The Morgan fingerprint density at radius 2 is 1.97 bits per heavy atom. The molecule has 33 heavy (non-hydrogen) atoms. The third-order valence-electron chi connectivity index (χ3n) is 6.30. The van der Waals surface area contributed by atoms with Crippen LogP contribution < -0.4 is 10.6 Å². The summed E-state index contributed by atoms with van der Waals surface area (Å²) >= 11 is 0. The first-order chi connectivity index (χ1) is 15.9. The number of pyridine rings is 1. The van der Waals surface area contributed by atoms with Crippen LogP contribution >= 0.6 is 0 Å². The molecule has 0 saturated carbocycles. The highest BCUT2D eigenvalue weighted by atomic mass is 16.5. The van der Waals surface area contributed by atoms with Gasteiger partial charge in [0.1, 0.15) is 5.65 Å². The number of ether oxygens (including phenoxy) is 2. The summed E-state index contributed by atoms with van der Waals surface area (Å²) < 4.78 is 12.6. The Balaban J connectivity index is 1.69. The zero-order chi connectivity index (χ0) is 23.5. The minimum Gasteiger partial charge on any atom is -0.464 e. The van der Waals surface area contributed by atoms with Crippen molar-refractivity contribution in [3.8, 4) is 0 Å². The van der Waals surface area contributed by atoms with Crippen molar-refractivity contribution >= 4 is 40.2 Å². The molecule has 0 aromatic carbocycles. The molecule has 2 fully saturated rings. The van der Waals surface area contributed by atoms with E-state index in [1.165, 1.54) is 14.0 Å². The standard InChI is InChI=1S/C23H31N5O5/c1-14(29)25-20-19-11-17(26-16-6-8-27(9-7-16)15(2)30)12-24-22(19)28(21(20)23(31)32-3)13-18-5-4-10-33-18/h11-12,16,18,26H,4-10,13H2,1-3H3,(H,25,29). The van der Waals surface area contributed by atoms with E-state index < -0.39 is 5.97 Å². The van der Waals surface area contributed by atoms with Gasteiger partial charge in [0.05, 0.1) is 37.3 Å². The SMILES string of the molecule is COC(=O)c1c(NC(C)=O)c2cc(NC3CCN(C(C)=O)CC3)cnc2n1CC1CCCO1. The summed E-state index contributed by atoms with van der Waals surface area (Å²) in [7, 11) is 1.32. The van der Waals surface area contributed by atoms with Crippen LogP contribution in [-0.4, -0.2) is 71.2 Å². The van der Waals surface area contributed by atoms with Crippen LogP contribution in [0.25, 0.3) is 11.0 Å². The maximum atomic E-state index is 12.8. The van der Waals surface area contributed by atoms with Crippen molar-refractivity contribution in [2.45, 2.75) is 58.2 Å². The van der Waals surface area contributed by atoms with Crippen LogP contribution in [0.1, 0.15) is 50.0 Å². The lowest BCUT2D eigenvalue weighted by atomic mass is 10.0. The van der Waals surface area contributed by atoms with Gasteiger partial charge < -0.3 is 29.6 Å². The lowest BCUT2D eigenvalue weighted by molar-refractivity contribution is -0.129. The van der Waals surface area contributed by atoms with Gasteiger partial charge in [-0.05, 0) is 31.7 Å². The highest BCUT2D eigenvalue weighted by Gasteiger charge is 2.29. The molecule has 0 aliphatic carbocycles. The molecule has 2 aromatic heterocycles. The summed E-state index contributed by atoms with van der Waals surface area (Å²) in [6.45, 7) is 5.57. The summed E-state index contributed by atoms with van der Waals surface area (Å²) in [5, 5.41) is 6.97. The Morgan fingerprint density at radius 3 is 2.58 bits per heavy atom. The summed E-state index contributed by atoms with van der Waals surface area (Å²) in [5.41, 5.74) is 2.04. The molecule has 2 aliphatic rings. The number of rotatable bonds is 6. The van der Waals surface area contributed by atoms with Gasteiger partial charge in [-0.3, -0.25) is 9.59 Å². The van der Waals surface area contributed by atoms with Gasteiger partial charge in [0, 0.05) is 45.0 Å². The fourth-order valence-electron chi connectivity index (χ4n) is 4.66. The Morgan fingerprint density at radius 1 is 1.21 bits per heavy atom. The highest BCUT2D eigenvalue weighted by molar-refractivity contribution is 6.11. The number of nitrogens with one attached hydrogen (secondary N) is 2. The van der Waals surface area contributed by atoms with E-state index in [0.717, 1.165) is 31.4 Å². The van der Waals surface area contributed by atoms with E-state index in [2.05, 4.69) is 15.6 Å². The monoisotopic (exact) mass is 457 g/mol. The maximum absolute atomic E-state index is 12.8. The van der Waals surface area contributed by atoms with Crippen molar-refractivity contribution in [1.29, 1.82) is 0 Å². The Hall–Kier alpha value is -3.14. The van der Waals surface area contributed by atoms with Gasteiger partial charge in [0.25, 0.3) is 0 Å². The quantitative estimate of drug-likeness (QED) is 0.640. The predicted molar refractivity (Wildman–Crippen MR) is 123 cm³/mol. The molecule has 2 saturated heterocycles. The molecular formula is C23H31N5O5. The first-order valence-corrected chi connectivity index (χ1v) is 11.4. The third kappa shape index (κ3) is 4.95. The van der Waals surface area contributed by atoms with E-state index >= 15 is 0 Å². The molecule has 2 N–H and O–H groups in total. The number of hydrogen-bond acceptors (Lipinski definition) is 7. The summed E-state index contributed by atoms with van der Waals surface area (Å²) in [5.74, 6) is -0.730. The number of piperidine rings is 1. The number of carbonyl (C=O) groups is 3. The summed E-state index contributed by atoms with van der Waals surface area (Å²) in [6, 6.07) is 2.11. The molecule has 10 heteroatoms. The lowest BCUT2D eigenvalue weighted by Gasteiger charge is -2.32. The second-order valence-electron chi connectivity index (χ2n) is 8.66. The number of hydrogen-bond donors (Lipinski definition) is 2. The van der Waals surface area contributed by atoms with Gasteiger partial charge in [-0.1, -0.05) is 0 Å². The van der Waals surface area contributed by atoms with Gasteiger partial charge in [-0.15, -0.1) is 0 Å². The number of carbonyl (C=O) groups excluding carboxylic acids is 3. The van der Waals surface area contributed by atoms with Gasteiger partial charge in [0.2, 0.25) is 11.8 Å². The number of amides is 2. The van der Waals surface area contributed by atoms with Gasteiger partial charge >= 0.3 is 5.97 Å². The number of aromatic nitrogens is 2. The van der Waals surface area contributed by atoms with Gasteiger partial charge in [-0.2, -0.15) is 0 Å². The first kappa shape index (κ1) is 23.0. The topological polar surface area (TPSA) is 115 Å². The molecule has 10 nitrogen and oxygen atoms in total. The molecule has 2 aliphatic heterocycles. The van der Waals surface area contributed by atoms with Crippen molar-refractivity contribution in [2.24, 2.45) is 0 Å². The van der Waals surface area contributed by atoms with Crippen LogP contribution in [0.15, 0.2) is 12.3 Å². The van der Waals surface area contributed by atoms with Gasteiger partial charge in [-0.25, -0.2) is 9.78 Å². The Bertz CT molecular complexity index is 1050. The van der Waals surface area contributed by atoms with Crippen LogP contribution in [0, 0.1) is 0 Å². The molecule has 1 unspecified atom stereocenters. The molecule has 178 valence electrons. The normalized spacial score (nSPS) is 19.0. The van der Waals surface area contributed by atoms with Crippen molar-refractivity contribution in [3.63, 3.8) is 0 Å². The molecule has 4 rings (SSSR count). The summed E-state index contributed by atoms with van der Waals surface area (Å²) in [6.07, 6.45) is 5.26. The number of anilines is 2. The predicted octanol–water partition coefficient (Wildman–Crippen LogP) is 2.38. The maximum Gasteiger partial charge on any atom is 0.356 e. The van der Waals surface area contributed by atoms with E-state index in [-0.39, 0.29) is 29.7 Å². The van der Waals surface area contributed by atoms with Gasteiger partial charge in [0.15, 0.2) is 5.69 Å². The Labute approximate surface area is 192 Å². The van der Waals surface area contributed by atoms with E-state index in [1.807, 2.05) is 11.0 Å². The minimum absolute atomic E-state index is 0.0275. The number of nitrogens with zero attached hydrogens (tertiary/aromatic N) is 3. The lowest BCUT2D eigenvalue weighted by Crippen LogP contribution is -2.41. The van der Waals surface area contributed by atoms with E-state index in [4.69, 9.17) is 9.47 Å². The van der Waals surface area contributed by atoms with Crippen LogP contribution in [0.2, 0.25) is 0 Å². The number of methoxy groups -OCH3 is 1. The fraction of sp³-hybridized carbons (Fsp3) is 0.565. The second kappa shape index (κ2) is 9.78. The van der Waals surface area contributed by atoms with Crippen molar-refractivity contribution in [3.05, 3.63) is 18.0 Å². The zero-order valence-corrected chi connectivity index (χ0v) is 19.3. The number of likely N-dealkylation sites (tertiary alicyclic amines) is 1. The molecule has 4 heterocycles. The molecule has 1 atom stereocenters. The van der Waals surface area contributed by atoms with Crippen molar-refractivity contribution < 1.29 is 23.9 Å². The van der Waals surface area contributed by atoms with Crippen molar-refractivity contribution in [1.82, 2.24) is 14.5 Å². The molecule has 0 radical (unpaired) electrons. The second-order valence-corrected chi connectivity index (χ2v) is 8.66. The minimum atomic E-state index is -0.541. The fourth-order valence-corrected chi connectivity index (χ4v) is 4.66. The van der Waals surface area contributed by atoms with Crippen LogP contribution in [0.3, 0.4) is 0 Å². The summed E-state index contributed by atoms with van der Waals surface area (Å²) in [4.78, 5) is 42.8. The Kier molecular flexibility index (Phi) is 6.83. The smallest absolute Gasteiger partial charge is 0.356 e. The highest BCUT2D eigenvalue weighted by Crippen LogP contribution is 2.34. The first-order valence-electron chi connectivity index (χ1n) is 11.4.